The number of rotatable bonds is 7. The molecule has 3 aromatic heterocycles. The molecule has 3 aliphatic rings. The summed E-state index contributed by atoms with van der Waals surface area (Å²) in [6, 6.07) is 0. The number of aromatic amines is 1. The maximum absolute atomic E-state index is 12.7. The number of amides is 4. The van der Waals surface area contributed by atoms with Gasteiger partial charge in [-0.1, -0.05) is 69.2 Å². The van der Waals surface area contributed by atoms with Crippen molar-refractivity contribution in [2.75, 3.05) is 13.1 Å². The van der Waals surface area contributed by atoms with Crippen LogP contribution in [0.15, 0.2) is 5.10 Å². The van der Waals surface area contributed by atoms with Gasteiger partial charge in [0.2, 0.25) is 23.6 Å². The Kier molecular flexibility index (Phi) is 7.40. The Bertz CT molecular complexity index is 1850. The summed E-state index contributed by atoms with van der Waals surface area (Å²) in [5.74, 6) is -0.144. The number of nitrogens with one attached hydrogen (secondary N) is 1. The van der Waals surface area contributed by atoms with Gasteiger partial charge in [-0.05, 0) is 6.92 Å². The summed E-state index contributed by atoms with van der Waals surface area (Å²) in [6.45, 7) is 22.5. The number of fused-ring (bicyclic) bond motifs is 2. The number of carbonyl (C=O) groups excluding carboxylic acids is 4. The van der Waals surface area contributed by atoms with Crippen molar-refractivity contribution < 1.29 is 19.2 Å². The van der Waals surface area contributed by atoms with E-state index in [0.29, 0.717) is 23.1 Å². The summed E-state index contributed by atoms with van der Waals surface area (Å²) in [5.41, 5.74) is 1.56. The van der Waals surface area contributed by atoms with Gasteiger partial charge in [-0.2, -0.15) is 10.2 Å². The summed E-state index contributed by atoms with van der Waals surface area (Å²) in [4.78, 5) is 63.2. The Balaban J connectivity index is 1.44. The van der Waals surface area contributed by atoms with Crippen LogP contribution in [0.2, 0.25) is 0 Å². The van der Waals surface area contributed by atoms with Gasteiger partial charge in [0, 0.05) is 66.0 Å². The normalized spacial score (nSPS) is 25.0. The molecule has 14 heteroatoms. The van der Waals surface area contributed by atoms with Crippen molar-refractivity contribution in [3.63, 3.8) is 0 Å². The third-order valence-electron chi connectivity index (χ3n) is 9.72. The molecule has 0 saturated carbocycles. The molecule has 0 aromatic carbocycles. The molecule has 0 radical (unpaired) electrons. The first-order valence-electron chi connectivity index (χ1n) is 16.5. The fraction of sp³-hybridized carbons (Fsp3) is 0.667. The van der Waals surface area contributed by atoms with Crippen LogP contribution in [0.25, 0.3) is 5.65 Å². The fourth-order valence-corrected chi connectivity index (χ4v) is 7.20. The number of aromatic nitrogens is 7. The summed E-state index contributed by atoms with van der Waals surface area (Å²) >= 11 is 0. The highest BCUT2D eigenvalue weighted by Crippen LogP contribution is 2.47. The number of H-pyrrole nitrogens is 1. The van der Waals surface area contributed by atoms with Crippen LogP contribution in [0.1, 0.15) is 130 Å². The molecular weight excluding hydrogens is 600 g/mol. The van der Waals surface area contributed by atoms with Crippen molar-refractivity contribution >= 4 is 35.0 Å². The van der Waals surface area contributed by atoms with Crippen LogP contribution in [-0.4, -0.2) is 86.9 Å². The van der Waals surface area contributed by atoms with E-state index >= 15 is 0 Å². The van der Waals surface area contributed by atoms with E-state index in [4.69, 9.17) is 25.4 Å². The molecular formula is C33H46N10O4. The predicted octanol–water partition coefficient (Wildman–Crippen LogP) is 3.51. The monoisotopic (exact) mass is 646 g/mol. The van der Waals surface area contributed by atoms with Crippen LogP contribution in [0.3, 0.4) is 0 Å². The highest BCUT2D eigenvalue weighted by atomic mass is 16.2. The van der Waals surface area contributed by atoms with Gasteiger partial charge in [-0.15, -0.1) is 19.6 Å². The van der Waals surface area contributed by atoms with E-state index in [-0.39, 0.29) is 84.1 Å². The van der Waals surface area contributed by atoms with Crippen molar-refractivity contribution in [3.8, 4) is 0 Å². The minimum absolute atomic E-state index is 0.157. The Morgan fingerprint density at radius 1 is 0.830 bits per heavy atom. The second-order valence-corrected chi connectivity index (χ2v) is 16.0. The third-order valence-corrected chi connectivity index (χ3v) is 9.72. The minimum atomic E-state index is -0.884. The van der Waals surface area contributed by atoms with Gasteiger partial charge >= 0.3 is 0 Å². The van der Waals surface area contributed by atoms with Crippen LogP contribution >= 0.6 is 0 Å². The SMILES string of the molecule is CC1CC(=O)N(CC(C)c2nc3n(n2)N=C(C(C)(C)C)C3(C)c2c(C(C)(C)C)nn3nc(C(C)CN4C(=O)CC(C)C4=O)[nH]c23)C1=O. The Labute approximate surface area is 274 Å². The van der Waals surface area contributed by atoms with E-state index < -0.39 is 5.41 Å². The Morgan fingerprint density at radius 2 is 1.38 bits per heavy atom. The van der Waals surface area contributed by atoms with E-state index in [0.717, 1.165) is 17.0 Å². The lowest BCUT2D eigenvalue weighted by molar-refractivity contribution is -0.141. The quantitative estimate of drug-likeness (QED) is 0.381. The van der Waals surface area contributed by atoms with E-state index in [1.54, 1.807) is 23.3 Å². The number of likely N-dealkylation sites (tertiary alicyclic amines) is 2. The minimum Gasteiger partial charge on any atom is -0.325 e. The van der Waals surface area contributed by atoms with Crippen LogP contribution in [-0.2, 0) is 30.0 Å². The second kappa shape index (κ2) is 10.6. The number of nitrogens with zero attached hydrogens (tertiary/aromatic N) is 9. The molecule has 6 heterocycles. The van der Waals surface area contributed by atoms with Gasteiger partial charge in [0.1, 0.15) is 11.2 Å². The highest BCUT2D eigenvalue weighted by Gasteiger charge is 2.53. The maximum atomic E-state index is 12.7. The molecule has 6 rings (SSSR count). The van der Waals surface area contributed by atoms with Crippen LogP contribution in [0.4, 0.5) is 0 Å². The molecule has 5 unspecified atom stereocenters. The Morgan fingerprint density at radius 3 is 1.87 bits per heavy atom. The number of hydrogen-bond donors (Lipinski definition) is 1. The smallest absolute Gasteiger partial charge is 0.232 e. The second-order valence-electron chi connectivity index (χ2n) is 16.0. The van der Waals surface area contributed by atoms with Crippen molar-refractivity contribution in [2.45, 2.75) is 112 Å². The lowest BCUT2D eigenvalue weighted by atomic mass is 9.67. The van der Waals surface area contributed by atoms with E-state index in [1.807, 2.05) is 13.8 Å². The van der Waals surface area contributed by atoms with Crippen molar-refractivity contribution in [2.24, 2.45) is 22.4 Å². The molecule has 3 aromatic rings. The van der Waals surface area contributed by atoms with Crippen LogP contribution in [0, 0.1) is 17.3 Å². The lowest BCUT2D eigenvalue weighted by Gasteiger charge is -2.34. The average molecular weight is 647 g/mol. The molecule has 2 saturated heterocycles. The molecule has 14 nitrogen and oxygen atoms in total. The molecule has 4 amide bonds. The highest BCUT2D eigenvalue weighted by molar-refractivity contribution is 6.05. The van der Waals surface area contributed by atoms with Crippen molar-refractivity contribution in [1.29, 1.82) is 0 Å². The lowest BCUT2D eigenvalue weighted by Crippen LogP contribution is -2.41. The fourth-order valence-electron chi connectivity index (χ4n) is 7.20. The van der Waals surface area contributed by atoms with Gasteiger partial charge in [0.25, 0.3) is 0 Å². The number of hydrogen-bond acceptors (Lipinski definition) is 9. The van der Waals surface area contributed by atoms with E-state index in [9.17, 15) is 19.2 Å². The number of imide groups is 2. The van der Waals surface area contributed by atoms with Crippen LogP contribution in [0.5, 0.6) is 0 Å². The first-order valence-corrected chi connectivity index (χ1v) is 16.5. The summed E-state index contributed by atoms with van der Waals surface area (Å²) in [6.07, 6.45) is 0.447. The van der Waals surface area contributed by atoms with Gasteiger partial charge in [0.15, 0.2) is 17.3 Å². The van der Waals surface area contributed by atoms with E-state index in [1.165, 1.54) is 9.80 Å². The van der Waals surface area contributed by atoms with Crippen LogP contribution < -0.4 is 0 Å². The molecule has 2 fully saturated rings. The molecule has 5 atom stereocenters. The summed E-state index contributed by atoms with van der Waals surface area (Å²) in [7, 11) is 0. The third kappa shape index (κ3) is 5.10. The topological polar surface area (TPSA) is 164 Å². The molecule has 1 N–H and O–H groups in total. The molecule has 0 spiro atoms. The van der Waals surface area contributed by atoms with Gasteiger partial charge in [-0.3, -0.25) is 29.0 Å². The number of carbonyl (C=O) groups is 4. The molecule has 3 aliphatic heterocycles. The van der Waals surface area contributed by atoms with Crippen molar-refractivity contribution in [3.05, 3.63) is 28.7 Å². The molecule has 47 heavy (non-hydrogen) atoms. The standard InChI is InChI=1S/C33H46N10O4/c1-16-12-20(44)40(27(16)46)14-18(3)24-34-26-22(23(31(5,6)7)36-42(26)37-24)33(11)29(32(8,9)10)39-43-30(33)35-25(38-43)19(4)15-41-21(45)13-17(2)28(41)47/h16-19H,12-15H2,1-11H3,(H,34,37). The summed E-state index contributed by atoms with van der Waals surface area (Å²) < 4.78 is 1.61. The molecule has 0 aliphatic carbocycles. The van der Waals surface area contributed by atoms with Gasteiger partial charge in [-0.25, -0.2) is 4.98 Å². The predicted molar refractivity (Wildman–Crippen MR) is 173 cm³/mol. The maximum Gasteiger partial charge on any atom is 0.232 e. The molecule has 0 bridgehead atoms. The van der Waals surface area contributed by atoms with Gasteiger partial charge < -0.3 is 4.98 Å². The summed E-state index contributed by atoms with van der Waals surface area (Å²) in [5, 5.41) is 19.7. The molecule has 252 valence electrons. The average Bonchev–Trinajstić information content (AvgIpc) is 3.77. The van der Waals surface area contributed by atoms with Crippen molar-refractivity contribution in [1.82, 2.24) is 44.5 Å². The zero-order valence-electron chi connectivity index (χ0n) is 29.3. The zero-order chi connectivity index (χ0) is 34.5. The first-order chi connectivity index (χ1) is 21.7. The van der Waals surface area contributed by atoms with E-state index in [2.05, 4.69) is 53.5 Å². The Hall–Kier alpha value is -4.23. The van der Waals surface area contributed by atoms with Gasteiger partial charge in [0.05, 0.1) is 11.4 Å². The largest absolute Gasteiger partial charge is 0.325 e. The zero-order valence-corrected chi connectivity index (χ0v) is 29.3. The first kappa shape index (κ1) is 32.7.